The molecular formula is C39H77NO3. The molecule has 256 valence electrons. The van der Waals surface area contributed by atoms with Gasteiger partial charge in [-0.05, 0) is 19.3 Å². The van der Waals surface area contributed by atoms with Crippen LogP contribution in [-0.2, 0) is 4.79 Å². The molecule has 0 bridgehead atoms. The van der Waals surface area contributed by atoms with E-state index in [2.05, 4.69) is 12.2 Å². The van der Waals surface area contributed by atoms with Crippen molar-refractivity contribution in [2.75, 3.05) is 6.61 Å². The maximum Gasteiger partial charge on any atom is 0.220 e. The quantitative estimate of drug-likeness (QED) is 0.0496. The predicted octanol–water partition coefficient (Wildman–Crippen LogP) is 11.5. The SMILES string of the molecule is CCCCCCCCCCCCCCCCCCCCCCCCCCCCC/C=C/C(O)C(CO)NC(=O)CCCC. The summed E-state index contributed by atoms with van der Waals surface area (Å²) in [5, 5.41) is 22.4. The molecule has 0 spiro atoms. The summed E-state index contributed by atoms with van der Waals surface area (Å²) in [5.74, 6) is -0.0982. The standard InChI is InChI=1S/C39H77NO3/c1-3-5-7-8-9-10-11-12-13-14-15-16-17-18-19-20-21-22-23-24-25-26-27-28-29-30-31-32-33-34-38(42)37(36-41)40-39(43)35-6-4-2/h33-34,37-38,41-42H,3-32,35-36H2,1-2H3,(H,40,43)/b34-33+. The van der Waals surface area contributed by atoms with Crippen LogP contribution in [0.3, 0.4) is 0 Å². The molecule has 1 amide bonds. The molecule has 0 radical (unpaired) electrons. The minimum atomic E-state index is -0.829. The maximum absolute atomic E-state index is 11.8. The van der Waals surface area contributed by atoms with Crippen molar-refractivity contribution >= 4 is 5.91 Å². The lowest BCUT2D eigenvalue weighted by atomic mass is 10.0. The number of aliphatic hydroxyl groups is 2. The number of rotatable bonds is 35. The number of carbonyl (C=O) groups is 1. The third-order valence-corrected chi connectivity index (χ3v) is 9.02. The third kappa shape index (κ3) is 32.3. The second-order valence-electron chi connectivity index (χ2n) is 13.4. The largest absolute Gasteiger partial charge is 0.394 e. The number of amides is 1. The molecule has 0 saturated carbocycles. The Kier molecular flexibility index (Phi) is 34.9. The number of nitrogens with one attached hydrogen (secondary N) is 1. The molecule has 0 aromatic carbocycles. The van der Waals surface area contributed by atoms with Gasteiger partial charge in [0.05, 0.1) is 18.8 Å². The molecule has 0 aliphatic rings. The average molecular weight is 608 g/mol. The Bertz CT molecular complexity index is 579. The second kappa shape index (κ2) is 35.6. The van der Waals surface area contributed by atoms with Crippen LogP contribution in [0.2, 0.25) is 0 Å². The van der Waals surface area contributed by atoms with E-state index < -0.39 is 12.1 Å². The minimum Gasteiger partial charge on any atom is -0.394 e. The molecule has 0 aliphatic carbocycles. The van der Waals surface area contributed by atoms with Gasteiger partial charge in [0.1, 0.15) is 0 Å². The zero-order chi connectivity index (χ0) is 31.5. The van der Waals surface area contributed by atoms with Crippen LogP contribution in [0.25, 0.3) is 0 Å². The van der Waals surface area contributed by atoms with Crippen LogP contribution in [0.1, 0.15) is 213 Å². The number of allylic oxidation sites excluding steroid dienone is 1. The lowest BCUT2D eigenvalue weighted by Gasteiger charge is -2.19. The van der Waals surface area contributed by atoms with Gasteiger partial charge in [0, 0.05) is 6.42 Å². The highest BCUT2D eigenvalue weighted by atomic mass is 16.3. The zero-order valence-corrected chi connectivity index (χ0v) is 29.2. The minimum absolute atomic E-state index is 0.0982. The van der Waals surface area contributed by atoms with Crippen LogP contribution >= 0.6 is 0 Å². The topological polar surface area (TPSA) is 69.6 Å². The van der Waals surface area contributed by atoms with Crippen molar-refractivity contribution < 1.29 is 15.0 Å². The molecular weight excluding hydrogens is 530 g/mol. The molecule has 0 aromatic rings. The summed E-state index contributed by atoms with van der Waals surface area (Å²) in [6.45, 7) is 4.09. The van der Waals surface area contributed by atoms with Crippen molar-refractivity contribution in [3.8, 4) is 0 Å². The summed E-state index contributed by atoms with van der Waals surface area (Å²) in [6, 6.07) is -0.612. The molecule has 0 heterocycles. The first-order chi connectivity index (χ1) is 21.2. The second-order valence-corrected chi connectivity index (χ2v) is 13.4. The van der Waals surface area contributed by atoms with Gasteiger partial charge in [0.15, 0.2) is 0 Å². The number of hydrogen-bond donors (Lipinski definition) is 3. The monoisotopic (exact) mass is 608 g/mol. The van der Waals surface area contributed by atoms with Crippen molar-refractivity contribution in [1.29, 1.82) is 0 Å². The molecule has 4 heteroatoms. The predicted molar refractivity (Wildman–Crippen MR) is 189 cm³/mol. The Morgan fingerprint density at radius 3 is 1.19 bits per heavy atom. The molecule has 0 aliphatic heterocycles. The molecule has 0 rings (SSSR count). The maximum atomic E-state index is 11.8. The number of aliphatic hydroxyl groups excluding tert-OH is 2. The van der Waals surface area contributed by atoms with Crippen LogP contribution in [0.15, 0.2) is 12.2 Å². The summed E-state index contributed by atoms with van der Waals surface area (Å²) in [6.07, 6.45) is 44.2. The van der Waals surface area contributed by atoms with E-state index >= 15 is 0 Å². The van der Waals surface area contributed by atoms with E-state index in [9.17, 15) is 15.0 Å². The van der Waals surface area contributed by atoms with Crippen molar-refractivity contribution in [2.45, 2.75) is 225 Å². The summed E-state index contributed by atoms with van der Waals surface area (Å²) in [5.41, 5.74) is 0. The highest BCUT2D eigenvalue weighted by molar-refractivity contribution is 5.76. The Balaban J connectivity index is 3.30. The summed E-state index contributed by atoms with van der Waals surface area (Å²) < 4.78 is 0. The van der Waals surface area contributed by atoms with E-state index in [1.165, 1.54) is 167 Å². The van der Waals surface area contributed by atoms with Gasteiger partial charge in [-0.3, -0.25) is 4.79 Å². The zero-order valence-electron chi connectivity index (χ0n) is 29.2. The van der Waals surface area contributed by atoms with Gasteiger partial charge in [-0.25, -0.2) is 0 Å². The number of hydrogen-bond acceptors (Lipinski definition) is 3. The van der Waals surface area contributed by atoms with Gasteiger partial charge in [0.25, 0.3) is 0 Å². The number of unbranched alkanes of at least 4 members (excludes halogenated alkanes) is 28. The Hall–Kier alpha value is -0.870. The van der Waals surface area contributed by atoms with E-state index in [4.69, 9.17) is 0 Å². The van der Waals surface area contributed by atoms with E-state index in [1.54, 1.807) is 6.08 Å². The molecule has 0 saturated heterocycles. The van der Waals surface area contributed by atoms with E-state index in [1.807, 2.05) is 13.0 Å². The smallest absolute Gasteiger partial charge is 0.220 e. The van der Waals surface area contributed by atoms with Gasteiger partial charge in [0.2, 0.25) is 5.91 Å². The Labute approximate surface area is 269 Å². The Morgan fingerprint density at radius 1 is 0.535 bits per heavy atom. The molecule has 0 fully saturated rings. The first kappa shape index (κ1) is 42.1. The van der Waals surface area contributed by atoms with E-state index in [0.717, 1.165) is 25.7 Å². The van der Waals surface area contributed by atoms with Crippen molar-refractivity contribution in [1.82, 2.24) is 5.32 Å². The highest BCUT2D eigenvalue weighted by Gasteiger charge is 2.17. The van der Waals surface area contributed by atoms with E-state index in [-0.39, 0.29) is 12.5 Å². The highest BCUT2D eigenvalue weighted by Crippen LogP contribution is 2.16. The molecule has 0 aromatic heterocycles. The van der Waals surface area contributed by atoms with E-state index in [0.29, 0.717) is 6.42 Å². The van der Waals surface area contributed by atoms with Gasteiger partial charge in [-0.1, -0.05) is 199 Å². The van der Waals surface area contributed by atoms with Crippen molar-refractivity contribution in [2.24, 2.45) is 0 Å². The summed E-state index contributed by atoms with van der Waals surface area (Å²) in [7, 11) is 0. The molecule has 4 nitrogen and oxygen atoms in total. The first-order valence-corrected chi connectivity index (χ1v) is 19.4. The lowest BCUT2D eigenvalue weighted by Crippen LogP contribution is -2.45. The number of carbonyl (C=O) groups excluding carboxylic acids is 1. The fourth-order valence-corrected chi connectivity index (χ4v) is 5.98. The van der Waals surface area contributed by atoms with Gasteiger partial charge >= 0.3 is 0 Å². The summed E-state index contributed by atoms with van der Waals surface area (Å²) in [4.78, 5) is 11.8. The van der Waals surface area contributed by atoms with Gasteiger partial charge in [-0.2, -0.15) is 0 Å². The van der Waals surface area contributed by atoms with Crippen molar-refractivity contribution in [3.63, 3.8) is 0 Å². The van der Waals surface area contributed by atoms with Crippen LogP contribution < -0.4 is 5.32 Å². The van der Waals surface area contributed by atoms with Crippen LogP contribution in [0.5, 0.6) is 0 Å². The van der Waals surface area contributed by atoms with Gasteiger partial charge in [-0.15, -0.1) is 0 Å². The third-order valence-electron chi connectivity index (χ3n) is 9.02. The van der Waals surface area contributed by atoms with Gasteiger partial charge < -0.3 is 15.5 Å². The Morgan fingerprint density at radius 2 is 0.860 bits per heavy atom. The molecule has 2 atom stereocenters. The van der Waals surface area contributed by atoms with Crippen LogP contribution in [-0.4, -0.2) is 34.9 Å². The molecule has 2 unspecified atom stereocenters. The fourth-order valence-electron chi connectivity index (χ4n) is 5.98. The normalized spacial score (nSPS) is 13.1. The molecule has 3 N–H and O–H groups in total. The van der Waals surface area contributed by atoms with Crippen LogP contribution in [0, 0.1) is 0 Å². The first-order valence-electron chi connectivity index (χ1n) is 19.4. The summed E-state index contributed by atoms with van der Waals surface area (Å²) >= 11 is 0. The van der Waals surface area contributed by atoms with Crippen molar-refractivity contribution in [3.05, 3.63) is 12.2 Å². The lowest BCUT2D eigenvalue weighted by molar-refractivity contribution is -0.123. The molecule has 43 heavy (non-hydrogen) atoms. The fraction of sp³-hybridized carbons (Fsp3) is 0.923. The average Bonchev–Trinajstić information content (AvgIpc) is 3.01. The van der Waals surface area contributed by atoms with Crippen LogP contribution in [0.4, 0.5) is 0 Å².